The molecule has 0 radical (unpaired) electrons. The first-order chi connectivity index (χ1) is 14.8. The van der Waals surface area contributed by atoms with Gasteiger partial charge in [0.1, 0.15) is 0 Å². The molecule has 0 N–H and O–H groups in total. The first-order valence-corrected chi connectivity index (χ1v) is 12.0. The topological polar surface area (TPSA) is 3.24 Å². The van der Waals surface area contributed by atoms with Gasteiger partial charge >= 0.3 is 0 Å². The van der Waals surface area contributed by atoms with Crippen molar-refractivity contribution in [3.05, 3.63) is 87.4 Å². The number of hydrogen-bond donors (Lipinski definition) is 0. The minimum atomic E-state index is 0.0935. The molecule has 0 fully saturated rings. The molecule has 3 aromatic rings. The van der Waals surface area contributed by atoms with Crippen LogP contribution in [0, 0.1) is 0 Å². The molecule has 0 aliphatic heterocycles. The summed E-state index contributed by atoms with van der Waals surface area (Å²) in [6.45, 7) is 17.7. The van der Waals surface area contributed by atoms with Gasteiger partial charge in [0.2, 0.25) is 0 Å². The van der Waals surface area contributed by atoms with E-state index in [1.807, 2.05) is 6.07 Å². The number of halogens is 2. The number of hydrogen-bond acceptors (Lipinski definition) is 1. The van der Waals surface area contributed by atoms with E-state index in [4.69, 9.17) is 23.2 Å². The average molecular weight is 469 g/mol. The highest BCUT2D eigenvalue weighted by atomic mass is 35.5. The summed E-state index contributed by atoms with van der Waals surface area (Å²) in [7, 11) is 0. The number of benzene rings is 3. The van der Waals surface area contributed by atoms with E-state index >= 15 is 0 Å². The first-order valence-electron chi connectivity index (χ1n) is 11.3. The molecule has 0 unspecified atom stereocenters. The molecule has 0 bridgehead atoms. The standard InChI is InChI=1S/C29H35Cl2N/c1-19(2)20-17-25(30)27(31)26(18-20)32(23-13-9-21(10-14-23)28(3,4)5)24-15-11-22(12-16-24)29(6,7)8/h9-19H,1-8H3. The third kappa shape index (κ3) is 5.33. The fraction of sp³-hybridized carbons (Fsp3) is 0.379. The molecule has 3 rings (SSSR count). The van der Waals surface area contributed by atoms with E-state index in [9.17, 15) is 0 Å². The largest absolute Gasteiger partial charge is 0.309 e. The minimum absolute atomic E-state index is 0.0935. The van der Waals surface area contributed by atoms with Crippen molar-refractivity contribution in [3.63, 3.8) is 0 Å². The Morgan fingerprint density at radius 2 is 1.06 bits per heavy atom. The second-order valence-corrected chi connectivity index (χ2v) is 11.7. The number of nitrogens with zero attached hydrogens (tertiary/aromatic N) is 1. The van der Waals surface area contributed by atoms with Gasteiger partial charge in [-0.15, -0.1) is 0 Å². The molecule has 0 amide bonds. The SMILES string of the molecule is CC(C)c1cc(Cl)c(Cl)c(N(c2ccc(C(C)(C)C)cc2)c2ccc(C(C)(C)C)cc2)c1. The molecule has 32 heavy (non-hydrogen) atoms. The third-order valence-electron chi connectivity index (χ3n) is 5.92. The van der Waals surface area contributed by atoms with Crippen molar-refractivity contribution in [2.24, 2.45) is 0 Å². The maximum absolute atomic E-state index is 6.80. The second kappa shape index (κ2) is 9.12. The quantitative estimate of drug-likeness (QED) is 0.368. The fourth-order valence-corrected chi connectivity index (χ4v) is 4.16. The van der Waals surface area contributed by atoms with Crippen LogP contribution in [-0.2, 0) is 10.8 Å². The summed E-state index contributed by atoms with van der Waals surface area (Å²) < 4.78 is 0. The van der Waals surface area contributed by atoms with Gasteiger partial charge in [-0.1, -0.05) is 103 Å². The number of rotatable bonds is 4. The lowest BCUT2D eigenvalue weighted by atomic mass is 9.86. The van der Waals surface area contributed by atoms with E-state index < -0.39 is 0 Å². The van der Waals surface area contributed by atoms with Crippen LogP contribution in [0.3, 0.4) is 0 Å². The van der Waals surface area contributed by atoms with Gasteiger partial charge in [-0.25, -0.2) is 0 Å². The van der Waals surface area contributed by atoms with Gasteiger partial charge < -0.3 is 4.90 Å². The monoisotopic (exact) mass is 467 g/mol. The van der Waals surface area contributed by atoms with Crippen LogP contribution in [0.2, 0.25) is 10.0 Å². The minimum Gasteiger partial charge on any atom is -0.309 e. The van der Waals surface area contributed by atoms with Gasteiger partial charge in [-0.3, -0.25) is 0 Å². The molecule has 3 heteroatoms. The molecular weight excluding hydrogens is 433 g/mol. The Morgan fingerprint density at radius 3 is 1.41 bits per heavy atom. The van der Waals surface area contributed by atoms with Crippen LogP contribution in [-0.4, -0.2) is 0 Å². The van der Waals surface area contributed by atoms with Gasteiger partial charge in [0, 0.05) is 11.4 Å². The second-order valence-electron chi connectivity index (χ2n) is 10.9. The lowest BCUT2D eigenvalue weighted by Gasteiger charge is -2.29. The predicted octanol–water partition coefficient (Wildman–Crippen LogP) is 10.2. The van der Waals surface area contributed by atoms with Crippen molar-refractivity contribution in [3.8, 4) is 0 Å². The Hall–Kier alpha value is -1.96. The highest BCUT2D eigenvalue weighted by Gasteiger charge is 2.21. The maximum atomic E-state index is 6.80. The summed E-state index contributed by atoms with van der Waals surface area (Å²) in [6.07, 6.45) is 0. The average Bonchev–Trinajstić information content (AvgIpc) is 2.70. The van der Waals surface area contributed by atoms with E-state index in [1.54, 1.807) is 0 Å². The van der Waals surface area contributed by atoms with Gasteiger partial charge in [-0.05, 0) is 69.8 Å². The van der Waals surface area contributed by atoms with Crippen molar-refractivity contribution in [2.45, 2.75) is 72.1 Å². The van der Waals surface area contributed by atoms with Crippen LogP contribution in [0.25, 0.3) is 0 Å². The van der Waals surface area contributed by atoms with E-state index in [2.05, 4.69) is 115 Å². The summed E-state index contributed by atoms with van der Waals surface area (Å²) >= 11 is 13.4. The normalized spacial score (nSPS) is 12.3. The zero-order valence-electron chi connectivity index (χ0n) is 20.6. The molecule has 0 saturated heterocycles. The predicted molar refractivity (Wildman–Crippen MR) is 143 cm³/mol. The summed E-state index contributed by atoms with van der Waals surface area (Å²) in [5.41, 5.74) is 6.95. The van der Waals surface area contributed by atoms with Crippen LogP contribution in [0.5, 0.6) is 0 Å². The van der Waals surface area contributed by atoms with Crippen molar-refractivity contribution < 1.29 is 0 Å². The van der Waals surface area contributed by atoms with E-state index in [1.165, 1.54) is 11.1 Å². The number of anilines is 3. The van der Waals surface area contributed by atoms with Gasteiger partial charge in [-0.2, -0.15) is 0 Å². The maximum Gasteiger partial charge on any atom is 0.0832 e. The Morgan fingerprint density at radius 1 is 0.656 bits per heavy atom. The van der Waals surface area contributed by atoms with E-state index in [-0.39, 0.29) is 10.8 Å². The van der Waals surface area contributed by atoms with Crippen LogP contribution in [0.1, 0.15) is 78.0 Å². The fourth-order valence-electron chi connectivity index (χ4n) is 3.74. The lowest BCUT2D eigenvalue weighted by molar-refractivity contribution is 0.590. The molecule has 1 nitrogen and oxygen atoms in total. The Kier molecular flexibility index (Phi) is 7.03. The zero-order chi connectivity index (χ0) is 23.8. The van der Waals surface area contributed by atoms with Crippen LogP contribution in [0.4, 0.5) is 17.1 Å². The molecule has 3 aromatic carbocycles. The molecule has 0 atom stereocenters. The zero-order valence-corrected chi connectivity index (χ0v) is 22.1. The third-order valence-corrected chi connectivity index (χ3v) is 6.71. The lowest BCUT2D eigenvalue weighted by Crippen LogP contribution is -2.15. The Bertz CT molecular complexity index is 1010. The molecule has 0 saturated carbocycles. The molecule has 0 spiro atoms. The summed E-state index contributed by atoms with van der Waals surface area (Å²) in [6, 6.07) is 21.6. The molecule has 170 valence electrons. The Balaban J connectivity index is 2.21. The molecular formula is C29H35Cl2N. The molecule has 0 aromatic heterocycles. The smallest absolute Gasteiger partial charge is 0.0832 e. The van der Waals surface area contributed by atoms with Crippen molar-refractivity contribution in [1.29, 1.82) is 0 Å². The van der Waals surface area contributed by atoms with Crippen LogP contribution in [0.15, 0.2) is 60.7 Å². The van der Waals surface area contributed by atoms with Gasteiger partial charge in [0.15, 0.2) is 0 Å². The summed E-state index contributed by atoms with van der Waals surface area (Å²) in [5.74, 6) is 0.344. The highest BCUT2D eigenvalue weighted by molar-refractivity contribution is 6.44. The molecule has 0 aliphatic rings. The highest BCUT2D eigenvalue weighted by Crippen LogP contribution is 2.44. The van der Waals surface area contributed by atoms with Crippen molar-refractivity contribution >= 4 is 40.3 Å². The molecule has 0 heterocycles. The van der Waals surface area contributed by atoms with Gasteiger partial charge in [0.05, 0.1) is 15.7 Å². The van der Waals surface area contributed by atoms with Gasteiger partial charge in [0.25, 0.3) is 0 Å². The van der Waals surface area contributed by atoms with Crippen LogP contribution >= 0.6 is 23.2 Å². The first kappa shape index (κ1) is 24.7. The van der Waals surface area contributed by atoms with Crippen molar-refractivity contribution in [1.82, 2.24) is 0 Å². The Labute approximate surface area is 204 Å². The van der Waals surface area contributed by atoms with E-state index in [0.29, 0.717) is 16.0 Å². The van der Waals surface area contributed by atoms with E-state index in [0.717, 1.165) is 22.6 Å². The summed E-state index contributed by atoms with van der Waals surface area (Å²) in [5, 5.41) is 1.14. The van der Waals surface area contributed by atoms with Crippen molar-refractivity contribution in [2.75, 3.05) is 4.90 Å². The summed E-state index contributed by atoms with van der Waals surface area (Å²) in [4.78, 5) is 2.21. The molecule has 0 aliphatic carbocycles. The van der Waals surface area contributed by atoms with Crippen LogP contribution < -0.4 is 4.90 Å².